The number of piperidine rings is 1. The van der Waals surface area contributed by atoms with Crippen LogP contribution in [0.25, 0.3) is 0 Å². The van der Waals surface area contributed by atoms with Gasteiger partial charge in [-0.25, -0.2) is 4.79 Å². The highest BCUT2D eigenvalue weighted by Gasteiger charge is 2.24. The highest BCUT2D eigenvalue weighted by atomic mass is 16.5. The molecule has 1 aromatic heterocycles. The number of hydrogen-bond acceptors (Lipinski definition) is 4. The second-order valence-corrected chi connectivity index (χ2v) is 6.80. The molecular weight excluding hydrogens is 304 g/mol. The number of carbonyl (C=O) groups excluding carboxylic acids is 1. The van der Waals surface area contributed by atoms with Crippen LogP contribution in [0.2, 0.25) is 0 Å². The predicted octanol–water partition coefficient (Wildman–Crippen LogP) is 1.64. The number of aryl methyl sites for hydroxylation is 1. The number of morpholine rings is 1. The lowest BCUT2D eigenvalue weighted by Gasteiger charge is -2.36. The van der Waals surface area contributed by atoms with E-state index >= 15 is 0 Å². The van der Waals surface area contributed by atoms with Crippen molar-refractivity contribution in [1.82, 2.24) is 20.1 Å². The van der Waals surface area contributed by atoms with Crippen LogP contribution in [0, 0.1) is 12.8 Å². The van der Waals surface area contributed by atoms with Gasteiger partial charge in [0.1, 0.15) is 0 Å². The number of ether oxygens (including phenoxy) is 1. The first-order valence-electron chi connectivity index (χ1n) is 8.95. The van der Waals surface area contributed by atoms with Gasteiger partial charge in [0.2, 0.25) is 0 Å². The Labute approximate surface area is 144 Å². The summed E-state index contributed by atoms with van der Waals surface area (Å²) < 4.78 is 5.40. The van der Waals surface area contributed by atoms with Crippen molar-refractivity contribution >= 4 is 6.03 Å². The smallest absolute Gasteiger partial charge is 0.317 e. The molecule has 0 unspecified atom stereocenters. The van der Waals surface area contributed by atoms with Crippen LogP contribution in [0.4, 0.5) is 4.79 Å². The molecule has 0 spiro atoms. The van der Waals surface area contributed by atoms with Crippen molar-refractivity contribution in [1.29, 1.82) is 0 Å². The number of carbonyl (C=O) groups is 1. The molecule has 3 rings (SSSR count). The summed E-state index contributed by atoms with van der Waals surface area (Å²) in [4.78, 5) is 20.9. The summed E-state index contributed by atoms with van der Waals surface area (Å²) in [6, 6.07) is 2.01. The molecule has 0 aliphatic carbocycles. The van der Waals surface area contributed by atoms with Crippen LogP contribution in [-0.4, -0.2) is 66.8 Å². The maximum absolute atomic E-state index is 12.4. The maximum Gasteiger partial charge on any atom is 0.317 e. The first-order valence-corrected chi connectivity index (χ1v) is 8.95. The Morgan fingerprint density at radius 3 is 2.75 bits per heavy atom. The van der Waals surface area contributed by atoms with Crippen molar-refractivity contribution in [3.8, 4) is 0 Å². The van der Waals surface area contributed by atoms with Crippen molar-refractivity contribution in [2.75, 3.05) is 45.9 Å². The number of hydrogen-bond donors (Lipinski definition) is 1. The Morgan fingerprint density at radius 1 is 1.29 bits per heavy atom. The fraction of sp³-hybridized carbons (Fsp3) is 0.667. The minimum absolute atomic E-state index is 0.0519. The van der Waals surface area contributed by atoms with E-state index in [2.05, 4.69) is 15.2 Å². The van der Waals surface area contributed by atoms with Gasteiger partial charge in [0.15, 0.2) is 0 Å². The van der Waals surface area contributed by atoms with E-state index in [0.717, 1.165) is 69.9 Å². The lowest BCUT2D eigenvalue weighted by atomic mass is 9.96. The third-order valence-electron chi connectivity index (χ3n) is 5.09. The molecule has 132 valence electrons. The van der Waals surface area contributed by atoms with Crippen LogP contribution in [0.1, 0.15) is 24.0 Å². The minimum Gasteiger partial charge on any atom is -0.379 e. The van der Waals surface area contributed by atoms with Gasteiger partial charge in [-0.15, -0.1) is 0 Å². The monoisotopic (exact) mass is 332 g/mol. The number of amides is 2. The summed E-state index contributed by atoms with van der Waals surface area (Å²) in [6.07, 6.45) is 5.79. The van der Waals surface area contributed by atoms with Gasteiger partial charge in [-0.2, -0.15) is 0 Å². The number of urea groups is 1. The summed E-state index contributed by atoms with van der Waals surface area (Å²) in [5, 5.41) is 3.04. The Hall–Kier alpha value is -1.66. The number of aromatic nitrogens is 1. The first kappa shape index (κ1) is 17.2. The average Bonchev–Trinajstić information content (AvgIpc) is 2.62. The van der Waals surface area contributed by atoms with Crippen molar-refractivity contribution in [3.63, 3.8) is 0 Å². The molecule has 0 atom stereocenters. The topological polar surface area (TPSA) is 57.7 Å². The maximum atomic E-state index is 12.4. The highest BCUT2D eigenvalue weighted by molar-refractivity contribution is 5.74. The summed E-state index contributed by atoms with van der Waals surface area (Å²) in [5.41, 5.74) is 2.24. The standard InChI is InChI=1S/C18H28N4O2/c1-15-12-19-5-2-17(15)13-20-18(23)22-6-3-16(4-7-22)14-21-8-10-24-11-9-21/h2,5,12,16H,3-4,6-11,13-14H2,1H3,(H,20,23). The molecule has 0 radical (unpaired) electrons. The molecule has 1 N–H and O–H groups in total. The second kappa shape index (κ2) is 8.44. The molecule has 2 aliphatic rings. The van der Waals surface area contributed by atoms with Crippen molar-refractivity contribution in [2.45, 2.75) is 26.3 Å². The second-order valence-electron chi connectivity index (χ2n) is 6.80. The summed E-state index contributed by atoms with van der Waals surface area (Å²) in [7, 11) is 0. The zero-order chi connectivity index (χ0) is 16.8. The molecule has 6 nitrogen and oxygen atoms in total. The first-order chi connectivity index (χ1) is 11.7. The quantitative estimate of drug-likeness (QED) is 0.911. The molecule has 24 heavy (non-hydrogen) atoms. The van der Waals surface area contributed by atoms with Crippen LogP contribution < -0.4 is 5.32 Å². The molecule has 3 heterocycles. The fourth-order valence-electron chi connectivity index (χ4n) is 3.45. The number of nitrogens with one attached hydrogen (secondary N) is 1. The lowest BCUT2D eigenvalue weighted by Crippen LogP contribution is -2.47. The minimum atomic E-state index is 0.0519. The van der Waals surface area contributed by atoms with Gasteiger partial charge in [-0.05, 0) is 42.9 Å². The molecular formula is C18H28N4O2. The van der Waals surface area contributed by atoms with Gasteiger partial charge >= 0.3 is 6.03 Å². The Bertz CT molecular complexity index is 538. The van der Waals surface area contributed by atoms with Gasteiger partial charge in [0, 0.05) is 51.7 Å². The molecule has 2 aliphatic heterocycles. The van der Waals surface area contributed by atoms with E-state index in [0.29, 0.717) is 12.5 Å². The van der Waals surface area contributed by atoms with Gasteiger partial charge in [-0.1, -0.05) is 0 Å². The zero-order valence-corrected chi connectivity index (χ0v) is 14.5. The predicted molar refractivity (Wildman–Crippen MR) is 92.8 cm³/mol. The van der Waals surface area contributed by atoms with E-state index in [1.807, 2.05) is 24.1 Å². The third-order valence-corrected chi connectivity index (χ3v) is 5.09. The van der Waals surface area contributed by atoms with E-state index in [9.17, 15) is 4.79 Å². The number of likely N-dealkylation sites (tertiary alicyclic amines) is 1. The summed E-state index contributed by atoms with van der Waals surface area (Å²) >= 11 is 0. The Kier molecular flexibility index (Phi) is 6.04. The number of rotatable bonds is 4. The number of nitrogens with zero attached hydrogens (tertiary/aromatic N) is 3. The van der Waals surface area contributed by atoms with E-state index in [4.69, 9.17) is 4.74 Å². The lowest BCUT2D eigenvalue weighted by molar-refractivity contribution is 0.0258. The van der Waals surface area contributed by atoms with E-state index in [-0.39, 0.29) is 6.03 Å². The van der Waals surface area contributed by atoms with E-state index in [1.165, 1.54) is 0 Å². The van der Waals surface area contributed by atoms with Crippen LogP contribution in [0.3, 0.4) is 0 Å². The Morgan fingerprint density at radius 2 is 2.04 bits per heavy atom. The van der Waals surface area contributed by atoms with Crippen molar-refractivity contribution in [2.24, 2.45) is 5.92 Å². The van der Waals surface area contributed by atoms with Crippen LogP contribution in [0.15, 0.2) is 18.5 Å². The average molecular weight is 332 g/mol. The largest absolute Gasteiger partial charge is 0.379 e. The zero-order valence-electron chi connectivity index (χ0n) is 14.5. The molecule has 0 bridgehead atoms. The van der Waals surface area contributed by atoms with Gasteiger partial charge in [0.05, 0.1) is 13.2 Å². The molecule has 2 saturated heterocycles. The van der Waals surface area contributed by atoms with Gasteiger partial charge in [-0.3, -0.25) is 9.88 Å². The Balaban J connectivity index is 1.39. The van der Waals surface area contributed by atoms with Gasteiger partial charge < -0.3 is 15.0 Å². The van der Waals surface area contributed by atoms with E-state index < -0.39 is 0 Å². The van der Waals surface area contributed by atoms with Gasteiger partial charge in [0.25, 0.3) is 0 Å². The molecule has 0 saturated carbocycles. The molecule has 1 aromatic rings. The highest BCUT2D eigenvalue weighted by Crippen LogP contribution is 2.19. The van der Waals surface area contributed by atoms with Crippen LogP contribution in [-0.2, 0) is 11.3 Å². The fourth-order valence-corrected chi connectivity index (χ4v) is 3.45. The van der Waals surface area contributed by atoms with Crippen LogP contribution in [0.5, 0.6) is 0 Å². The van der Waals surface area contributed by atoms with Crippen LogP contribution >= 0.6 is 0 Å². The summed E-state index contributed by atoms with van der Waals surface area (Å²) in [5.74, 6) is 0.703. The molecule has 0 aromatic carbocycles. The third kappa shape index (κ3) is 4.68. The SMILES string of the molecule is Cc1cnccc1CNC(=O)N1CCC(CN2CCOCC2)CC1. The molecule has 2 amide bonds. The van der Waals surface area contributed by atoms with Crippen molar-refractivity contribution < 1.29 is 9.53 Å². The molecule has 2 fully saturated rings. The number of pyridine rings is 1. The normalized spacial score (nSPS) is 20.1. The van der Waals surface area contributed by atoms with Crippen molar-refractivity contribution in [3.05, 3.63) is 29.6 Å². The molecule has 6 heteroatoms. The summed E-state index contributed by atoms with van der Waals surface area (Å²) in [6.45, 7) is 9.26. The van der Waals surface area contributed by atoms with E-state index in [1.54, 1.807) is 6.20 Å².